The van der Waals surface area contributed by atoms with Gasteiger partial charge in [-0.25, -0.2) is 16.8 Å². The molecule has 50 heavy (non-hydrogen) atoms. The summed E-state index contributed by atoms with van der Waals surface area (Å²) >= 11 is 4.92. The van der Waals surface area contributed by atoms with Crippen LogP contribution in [-0.4, -0.2) is 44.0 Å². The van der Waals surface area contributed by atoms with E-state index >= 15 is 0 Å². The zero-order valence-electron chi connectivity index (χ0n) is 27.1. The molecule has 0 radical (unpaired) electrons. The Labute approximate surface area is 303 Å². The fraction of sp³-hybridized carbons (Fsp3) is 0.216. The summed E-state index contributed by atoms with van der Waals surface area (Å²) in [4.78, 5) is 3.15. The lowest BCUT2D eigenvalue weighted by molar-refractivity contribution is -0.667. The summed E-state index contributed by atoms with van der Waals surface area (Å²) in [5.41, 5.74) is 5.19. The van der Waals surface area contributed by atoms with Crippen LogP contribution in [0.1, 0.15) is 31.2 Å². The van der Waals surface area contributed by atoms with Gasteiger partial charge in [0.15, 0.2) is 6.54 Å². The molecule has 0 N–H and O–H groups in total. The molecule has 0 spiro atoms. The van der Waals surface area contributed by atoms with Crippen molar-refractivity contribution in [3.63, 3.8) is 0 Å². The standard InChI is InChI=1S/C37H34N2O6S5/c1-2-25(22-36-39(18-8-20-50(43,44)45)37-28-10-4-3-9-26(28)13-16-34(37)48-36)21-35-38(17-7-19-49(40,41)42)31-23-27(14-15-33(31)47-35)30-24-46-32-12-6-5-11-29(30)32/h3-6,9-16,21-24H,2,7-8,17-20H2,1H3,(H-,40,41,42,43,44,45)/p-1. The minimum Gasteiger partial charge on any atom is -0.748 e. The largest absolute Gasteiger partial charge is 0.748 e. The number of aromatic nitrogens is 1. The Kier molecular flexibility index (Phi) is 9.92. The molecule has 4 aromatic carbocycles. The smallest absolute Gasteiger partial charge is 0.263 e. The Morgan fingerprint density at radius 3 is 2.38 bits per heavy atom. The predicted molar refractivity (Wildman–Crippen MR) is 205 cm³/mol. The number of hydrogen-bond acceptors (Lipinski definition) is 10. The van der Waals surface area contributed by atoms with Gasteiger partial charge in [0, 0.05) is 51.1 Å². The Morgan fingerprint density at radius 2 is 1.60 bits per heavy atom. The molecule has 13 heteroatoms. The Balaban J connectivity index is 1.29. The number of rotatable bonds is 12. The maximum Gasteiger partial charge on any atom is 0.263 e. The number of thioether (sulfide) groups is 1. The third-order valence-electron chi connectivity index (χ3n) is 8.71. The van der Waals surface area contributed by atoms with Crippen molar-refractivity contribution >= 4 is 97.5 Å². The molecule has 0 aliphatic carbocycles. The lowest BCUT2D eigenvalue weighted by Gasteiger charge is -2.22. The van der Waals surface area contributed by atoms with Gasteiger partial charge >= 0.3 is 0 Å². The van der Waals surface area contributed by atoms with Crippen molar-refractivity contribution in [2.24, 2.45) is 0 Å². The summed E-state index contributed by atoms with van der Waals surface area (Å²) in [6.07, 6.45) is 5.30. The van der Waals surface area contributed by atoms with Gasteiger partial charge in [-0.15, -0.1) is 11.3 Å². The number of allylic oxidation sites excluding steroid dienone is 2. The molecule has 0 saturated heterocycles. The van der Waals surface area contributed by atoms with Crippen molar-refractivity contribution in [3.05, 3.63) is 106 Å². The number of hydrogen-bond donors (Lipinski definition) is 0. The van der Waals surface area contributed by atoms with E-state index in [1.807, 2.05) is 30.3 Å². The van der Waals surface area contributed by atoms with Gasteiger partial charge in [-0.05, 0) is 71.2 Å². The van der Waals surface area contributed by atoms with Gasteiger partial charge in [0.25, 0.3) is 5.01 Å². The fourth-order valence-electron chi connectivity index (χ4n) is 6.37. The van der Waals surface area contributed by atoms with E-state index in [9.17, 15) is 25.9 Å². The SMILES string of the molecule is CCC(/C=C1\Sc2ccc(-c3csc4ccccc34)cc2N1CCCS(=O)(=O)[O-])=C\c1sc2ccc3ccccc3c2[n+]1CCCS(=O)(=O)[O-]. The Bertz CT molecular complexity index is 2530. The molecule has 0 atom stereocenters. The van der Waals surface area contributed by atoms with E-state index in [0.717, 1.165) is 58.3 Å². The molecule has 0 bridgehead atoms. The van der Waals surface area contributed by atoms with Crippen LogP contribution in [0, 0.1) is 0 Å². The van der Waals surface area contributed by atoms with Gasteiger partial charge in [-0.2, -0.15) is 4.57 Å². The maximum absolute atomic E-state index is 11.6. The van der Waals surface area contributed by atoms with Gasteiger partial charge in [-0.1, -0.05) is 78.6 Å². The highest BCUT2D eigenvalue weighted by atomic mass is 32.2. The van der Waals surface area contributed by atoms with Crippen LogP contribution >= 0.6 is 34.4 Å². The summed E-state index contributed by atoms with van der Waals surface area (Å²) in [6.45, 7) is 2.79. The van der Waals surface area contributed by atoms with Gasteiger partial charge < -0.3 is 14.0 Å². The quantitative estimate of drug-likeness (QED) is 0.0902. The number of thiazole rings is 1. The average molecular weight is 762 g/mol. The summed E-state index contributed by atoms with van der Waals surface area (Å²) < 4.78 is 73.5. The first-order chi connectivity index (χ1) is 24.0. The number of aryl methyl sites for hydroxylation is 1. The summed E-state index contributed by atoms with van der Waals surface area (Å²) in [7, 11) is -8.73. The summed E-state index contributed by atoms with van der Waals surface area (Å²) in [5, 5.41) is 7.33. The monoisotopic (exact) mass is 761 g/mol. The fourth-order valence-corrected chi connectivity index (χ4v) is 10.6. The number of fused-ring (bicyclic) bond motifs is 5. The highest BCUT2D eigenvalue weighted by molar-refractivity contribution is 8.03. The van der Waals surface area contributed by atoms with E-state index in [-0.39, 0.29) is 12.8 Å². The molecular formula is C37H33N2O6S5-. The van der Waals surface area contributed by atoms with Crippen LogP contribution in [0.2, 0.25) is 0 Å². The molecule has 0 fully saturated rings. The summed E-state index contributed by atoms with van der Waals surface area (Å²) in [5.74, 6) is -0.890. The number of thiophene rings is 1. The lowest BCUT2D eigenvalue weighted by atomic mass is 10.0. The van der Waals surface area contributed by atoms with Crippen LogP contribution in [0.15, 0.2) is 106 Å². The van der Waals surface area contributed by atoms with Gasteiger partial charge in [0.05, 0.1) is 36.3 Å². The predicted octanol–water partition coefficient (Wildman–Crippen LogP) is 8.34. The van der Waals surface area contributed by atoms with Crippen LogP contribution in [0.25, 0.3) is 48.3 Å². The van der Waals surface area contributed by atoms with Crippen LogP contribution in [0.5, 0.6) is 0 Å². The summed E-state index contributed by atoms with van der Waals surface area (Å²) in [6, 6.07) is 26.9. The lowest BCUT2D eigenvalue weighted by Crippen LogP contribution is -2.36. The van der Waals surface area contributed by atoms with E-state index in [2.05, 4.69) is 82.5 Å². The number of benzene rings is 4. The van der Waals surface area contributed by atoms with Crippen molar-refractivity contribution in [2.75, 3.05) is 23.0 Å². The zero-order chi connectivity index (χ0) is 35.0. The molecule has 0 amide bonds. The molecule has 3 heterocycles. The third kappa shape index (κ3) is 7.54. The van der Waals surface area contributed by atoms with E-state index < -0.39 is 31.7 Å². The van der Waals surface area contributed by atoms with Crippen LogP contribution < -0.4 is 9.47 Å². The molecule has 0 saturated carbocycles. The molecule has 8 nitrogen and oxygen atoms in total. The Morgan fingerprint density at radius 1 is 0.860 bits per heavy atom. The first kappa shape index (κ1) is 34.9. The molecule has 0 unspecified atom stereocenters. The molecule has 7 rings (SSSR count). The van der Waals surface area contributed by atoms with E-state index in [1.165, 1.54) is 10.1 Å². The highest BCUT2D eigenvalue weighted by Gasteiger charge is 2.27. The minimum absolute atomic E-state index is 0.186. The number of anilines is 1. The van der Waals surface area contributed by atoms with Gasteiger partial charge in [0.1, 0.15) is 4.70 Å². The normalized spacial score (nSPS) is 14.8. The Hall–Kier alpha value is -3.56. The van der Waals surface area contributed by atoms with Crippen molar-refractivity contribution in [1.29, 1.82) is 0 Å². The molecule has 258 valence electrons. The topological polar surface area (TPSA) is 122 Å². The molecule has 6 aromatic rings. The van der Waals surface area contributed by atoms with Crippen molar-refractivity contribution in [3.8, 4) is 11.1 Å². The number of nitrogens with zero attached hydrogens (tertiary/aromatic N) is 2. The van der Waals surface area contributed by atoms with Crippen LogP contribution in [0.4, 0.5) is 5.69 Å². The van der Waals surface area contributed by atoms with Crippen LogP contribution in [-0.2, 0) is 26.8 Å². The zero-order valence-corrected chi connectivity index (χ0v) is 31.2. The second-order valence-corrected chi connectivity index (χ2v) is 18.2. The second kappa shape index (κ2) is 14.2. The van der Waals surface area contributed by atoms with Crippen LogP contribution in [0.3, 0.4) is 0 Å². The van der Waals surface area contributed by atoms with E-state index in [1.54, 1.807) is 34.4 Å². The van der Waals surface area contributed by atoms with Crippen molar-refractivity contribution < 1.29 is 30.5 Å². The highest BCUT2D eigenvalue weighted by Crippen LogP contribution is 2.49. The molecular weight excluding hydrogens is 729 g/mol. The first-order valence-corrected chi connectivity index (χ1v) is 21.8. The van der Waals surface area contributed by atoms with Crippen molar-refractivity contribution in [1.82, 2.24) is 0 Å². The maximum atomic E-state index is 11.6. The van der Waals surface area contributed by atoms with Gasteiger partial charge in [-0.3, -0.25) is 0 Å². The van der Waals surface area contributed by atoms with Crippen molar-refractivity contribution in [2.45, 2.75) is 37.6 Å². The van der Waals surface area contributed by atoms with E-state index in [0.29, 0.717) is 19.5 Å². The molecule has 1 aliphatic heterocycles. The van der Waals surface area contributed by atoms with E-state index in [4.69, 9.17) is 0 Å². The molecule has 2 aromatic heterocycles. The van der Waals surface area contributed by atoms with Gasteiger partial charge in [0.2, 0.25) is 5.52 Å². The second-order valence-electron chi connectivity index (χ2n) is 12.1. The molecule has 1 aliphatic rings. The average Bonchev–Trinajstić information content (AvgIpc) is 3.76. The minimum atomic E-state index is -4.37. The first-order valence-electron chi connectivity index (χ1n) is 16.2. The third-order valence-corrected chi connectivity index (χ3v) is 13.5.